The topological polar surface area (TPSA) is 18.5 Å². The molecule has 15 heavy (non-hydrogen) atoms. The van der Waals surface area contributed by atoms with Gasteiger partial charge in [-0.05, 0) is 11.6 Å². The van der Waals surface area contributed by atoms with Crippen LogP contribution in [0.2, 0.25) is 0 Å². The van der Waals surface area contributed by atoms with Gasteiger partial charge >= 0.3 is 0 Å². The molecule has 0 amide bonds. The molecule has 1 aromatic rings. The van der Waals surface area contributed by atoms with Crippen LogP contribution in [0.15, 0.2) is 24.8 Å². The molecule has 78 valence electrons. The Bertz CT molecular complexity index is 375. The van der Waals surface area contributed by atoms with Gasteiger partial charge in [-0.25, -0.2) is 0 Å². The minimum absolute atomic E-state index is 0.492. The van der Waals surface area contributed by atoms with Gasteiger partial charge in [0.1, 0.15) is 12.4 Å². The van der Waals surface area contributed by atoms with Crippen LogP contribution in [0, 0.1) is 12.3 Å². The Morgan fingerprint density at radius 3 is 2.87 bits per heavy atom. The molecule has 0 N–H and O–H groups in total. The van der Waals surface area contributed by atoms with Gasteiger partial charge in [-0.2, -0.15) is 0 Å². The molecule has 0 bridgehead atoms. The van der Waals surface area contributed by atoms with Gasteiger partial charge in [-0.1, -0.05) is 30.7 Å². The summed E-state index contributed by atoms with van der Waals surface area (Å²) in [6, 6.07) is 5.64. The molecule has 1 rings (SSSR count). The average Bonchev–Trinajstić information content (AvgIpc) is 2.29. The zero-order chi connectivity index (χ0) is 11.1. The first-order valence-corrected chi connectivity index (χ1v) is 4.67. The van der Waals surface area contributed by atoms with Gasteiger partial charge in [0.15, 0.2) is 0 Å². The maximum Gasteiger partial charge on any atom is 0.135 e. The van der Waals surface area contributed by atoms with E-state index in [-0.39, 0.29) is 0 Å². The Morgan fingerprint density at radius 1 is 1.47 bits per heavy atom. The normalized spacial score (nSPS) is 9.33. The molecule has 0 unspecified atom stereocenters. The fourth-order valence-corrected chi connectivity index (χ4v) is 1.23. The smallest absolute Gasteiger partial charge is 0.135 e. The van der Waals surface area contributed by atoms with Crippen LogP contribution in [0.25, 0.3) is 6.08 Å². The molecule has 0 aliphatic rings. The molecule has 0 fully saturated rings. The van der Waals surface area contributed by atoms with Crippen molar-refractivity contribution in [1.29, 1.82) is 0 Å². The summed E-state index contributed by atoms with van der Waals surface area (Å²) in [5.74, 6) is 3.31. The van der Waals surface area contributed by atoms with E-state index in [0.29, 0.717) is 19.0 Å². The van der Waals surface area contributed by atoms with Crippen molar-refractivity contribution >= 4 is 6.08 Å². The second-order valence-corrected chi connectivity index (χ2v) is 2.91. The molecule has 0 atom stereocenters. The van der Waals surface area contributed by atoms with Gasteiger partial charge < -0.3 is 9.47 Å². The quantitative estimate of drug-likeness (QED) is 0.539. The summed E-state index contributed by atoms with van der Waals surface area (Å²) in [6.45, 7) is 4.74. The van der Waals surface area contributed by atoms with Gasteiger partial charge in [0, 0.05) is 7.11 Å². The highest BCUT2D eigenvalue weighted by atomic mass is 16.5. The zero-order valence-electron chi connectivity index (χ0n) is 8.82. The number of benzene rings is 1. The first-order valence-electron chi connectivity index (χ1n) is 4.67. The Hall–Kier alpha value is -1.72. The van der Waals surface area contributed by atoms with Crippen molar-refractivity contribution in [2.24, 2.45) is 0 Å². The third-order valence-corrected chi connectivity index (χ3v) is 1.97. The summed E-state index contributed by atoms with van der Waals surface area (Å²) in [6.07, 6.45) is 7.14. The molecule has 0 radical (unpaired) electrons. The second-order valence-electron chi connectivity index (χ2n) is 2.91. The van der Waals surface area contributed by atoms with Gasteiger partial charge in [-0.3, -0.25) is 0 Å². The number of ether oxygens (including phenoxy) is 2. The third kappa shape index (κ3) is 2.87. The lowest BCUT2D eigenvalue weighted by molar-refractivity contribution is 0.146. The van der Waals surface area contributed by atoms with Crippen LogP contribution in [0.3, 0.4) is 0 Å². The van der Waals surface area contributed by atoms with Crippen molar-refractivity contribution in [2.75, 3.05) is 20.3 Å². The third-order valence-electron chi connectivity index (χ3n) is 1.97. The van der Waals surface area contributed by atoms with Crippen LogP contribution in [0.5, 0.6) is 5.75 Å². The molecule has 0 aliphatic heterocycles. The van der Waals surface area contributed by atoms with E-state index in [1.807, 2.05) is 18.2 Å². The number of rotatable bonds is 5. The Labute approximate surface area is 90.5 Å². The van der Waals surface area contributed by atoms with Crippen molar-refractivity contribution in [3.05, 3.63) is 35.9 Å². The van der Waals surface area contributed by atoms with E-state index in [1.165, 1.54) is 0 Å². The van der Waals surface area contributed by atoms with Crippen LogP contribution < -0.4 is 4.74 Å². The summed E-state index contributed by atoms with van der Waals surface area (Å²) in [5.41, 5.74) is 1.65. The van der Waals surface area contributed by atoms with E-state index < -0.39 is 0 Å². The summed E-state index contributed by atoms with van der Waals surface area (Å²) in [4.78, 5) is 0. The lowest BCUT2D eigenvalue weighted by Crippen LogP contribution is -2.05. The van der Waals surface area contributed by atoms with E-state index in [9.17, 15) is 0 Å². The molecular formula is C13H14O2. The van der Waals surface area contributed by atoms with Gasteiger partial charge in [0.25, 0.3) is 0 Å². The summed E-state index contributed by atoms with van der Waals surface area (Å²) in [5, 5.41) is 0. The van der Waals surface area contributed by atoms with Crippen LogP contribution in [-0.4, -0.2) is 20.3 Å². The monoisotopic (exact) mass is 202 g/mol. The fraction of sp³-hybridized carbons (Fsp3) is 0.231. The van der Waals surface area contributed by atoms with Crippen molar-refractivity contribution in [2.45, 2.75) is 0 Å². The van der Waals surface area contributed by atoms with E-state index >= 15 is 0 Å². The molecule has 2 nitrogen and oxygen atoms in total. The standard InChI is InChI=1S/C13H14O2/c1-4-11-7-6-8-13(12(11)5-2)15-10-9-14-3/h2,4,6-8H,1,9-10H2,3H3. The maximum absolute atomic E-state index is 5.50. The average molecular weight is 202 g/mol. The van der Waals surface area contributed by atoms with Gasteiger partial charge in [0.2, 0.25) is 0 Å². The molecule has 0 aliphatic carbocycles. The fourth-order valence-electron chi connectivity index (χ4n) is 1.23. The van der Waals surface area contributed by atoms with E-state index in [1.54, 1.807) is 13.2 Å². The number of methoxy groups -OCH3 is 1. The zero-order valence-corrected chi connectivity index (χ0v) is 8.82. The van der Waals surface area contributed by atoms with E-state index in [4.69, 9.17) is 15.9 Å². The first kappa shape index (κ1) is 11.4. The number of terminal acetylenes is 1. The Balaban J connectivity index is 2.87. The molecule has 2 heteroatoms. The number of hydrogen-bond donors (Lipinski definition) is 0. The van der Waals surface area contributed by atoms with Crippen LogP contribution >= 0.6 is 0 Å². The van der Waals surface area contributed by atoms with E-state index in [2.05, 4.69) is 12.5 Å². The van der Waals surface area contributed by atoms with Crippen molar-refractivity contribution < 1.29 is 9.47 Å². The molecular weight excluding hydrogens is 188 g/mol. The van der Waals surface area contributed by atoms with E-state index in [0.717, 1.165) is 11.1 Å². The molecule has 0 saturated heterocycles. The minimum atomic E-state index is 0.492. The molecule has 0 spiro atoms. The minimum Gasteiger partial charge on any atom is -0.490 e. The van der Waals surface area contributed by atoms with Crippen LogP contribution in [-0.2, 0) is 4.74 Å². The molecule has 0 saturated carbocycles. The van der Waals surface area contributed by atoms with Gasteiger partial charge in [0.05, 0.1) is 12.2 Å². The maximum atomic E-state index is 5.50. The molecule has 0 aromatic heterocycles. The number of hydrogen-bond acceptors (Lipinski definition) is 2. The van der Waals surface area contributed by atoms with Crippen molar-refractivity contribution in [3.8, 4) is 18.1 Å². The van der Waals surface area contributed by atoms with Crippen LogP contribution in [0.1, 0.15) is 11.1 Å². The van der Waals surface area contributed by atoms with Gasteiger partial charge in [-0.15, -0.1) is 6.42 Å². The highest BCUT2D eigenvalue weighted by Crippen LogP contribution is 2.22. The Morgan fingerprint density at radius 2 is 2.27 bits per heavy atom. The summed E-state index contributed by atoms with van der Waals surface area (Å²) >= 11 is 0. The summed E-state index contributed by atoms with van der Waals surface area (Å²) < 4.78 is 10.4. The predicted octanol–water partition coefficient (Wildman–Crippen LogP) is 2.34. The summed E-state index contributed by atoms with van der Waals surface area (Å²) in [7, 11) is 1.63. The van der Waals surface area contributed by atoms with Crippen LogP contribution in [0.4, 0.5) is 0 Å². The lowest BCUT2D eigenvalue weighted by atomic mass is 10.1. The second kappa shape index (κ2) is 5.90. The largest absolute Gasteiger partial charge is 0.490 e. The SMILES string of the molecule is C#Cc1c(C=C)cccc1OCCOC. The van der Waals surface area contributed by atoms with Crippen molar-refractivity contribution in [1.82, 2.24) is 0 Å². The highest BCUT2D eigenvalue weighted by molar-refractivity contribution is 5.62. The predicted molar refractivity (Wildman–Crippen MR) is 61.8 cm³/mol. The Kier molecular flexibility index (Phi) is 4.46. The highest BCUT2D eigenvalue weighted by Gasteiger charge is 2.04. The first-order chi connectivity index (χ1) is 7.33. The molecule has 1 aromatic carbocycles. The lowest BCUT2D eigenvalue weighted by Gasteiger charge is -2.09. The molecule has 0 heterocycles. The van der Waals surface area contributed by atoms with Crippen molar-refractivity contribution in [3.63, 3.8) is 0 Å².